The van der Waals surface area contributed by atoms with Crippen LogP contribution in [0.4, 0.5) is 11.5 Å². The van der Waals surface area contributed by atoms with Crippen LogP contribution >= 0.6 is 0 Å². The van der Waals surface area contributed by atoms with E-state index in [2.05, 4.69) is 43.3 Å². The first-order valence-corrected chi connectivity index (χ1v) is 9.02. The lowest BCUT2D eigenvalue weighted by atomic mass is 9.87. The smallest absolute Gasteiger partial charge is 0.256 e. The molecular weight excluding hydrogens is 310 g/mol. The summed E-state index contributed by atoms with van der Waals surface area (Å²) in [6, 6.07) is 11.5. The first kappa shape index (κ1) is 19.0. The molecule has 1 aromatic heterocycles. The van der Waals surface area contributed by atoms with Crippen molar-refractivity contribution in [2.45, 2.75) is 52.4 Å². The molecule has 1 amide bonds. The predicted molar refractivity (Wildman–Crippen MR) is 105 cm³/mol. The number of benzene rings is 1. The summed E-state index contributed by atoms with van der Waals surface area (Å²) in [4.78, 5) is 16.6. The van der Waals surface area contributed by atoms with E-state index < -0.39 is 0 Å². The maximum atomic E-state index is 12.3. The number of carbonyl (C=O) groups excluding carboxylic acids is 1. The molecule has 1 aromatic carbocycles. The Bertz CT molecular complexity index is 670. The predicted octanol–water partition coefficient (Wildman–Crippen LogP) is 5.23. The molecule has 0 fully saturated rings. The molecule has 4 heteroatoms. The van der Waals surface area contributed by atoms with E-state index in [0.29, 0.717) is 11.4 Å². The normalized spacial score (nSPS) is 11.2. The average Bonchev–Trinajstić information content (AvgIpc) is 2.59. The number of nitrogens with zero attached hydrogens (tertiary/aromatic N) is 1. The van der Waals surface area contributed by atoms with Gasteiger partial charge < -0.3 is 10.6 Å². The quantitative estimate of drug-likeness (QED) is 0.679. The standard InChI is InChI=1S/C21H29N3O/c1-5-6-7-14-22-18-12-13-19(23-15-18)24-20(25)16-8-10-17(11-9-16)21(2,3)4/h8-13,15,22H,5-7,14H2,1-4H3,(H,23,24,25). The minimum absolute atomic E-state index is 0.0799. The van der Waals surface area contributed by atoms with Gasteiger partial charge in [0.05, 0.1) is 11.9 Å². The van der Waals surface area contributed by atoms with Gasteiger partial charge in [0.1, 0.15) is 5.82 Å². The summed E-state index contributed by atoms with van der Waals surface area (Å²) in [5.41, 5.74) is 2.90. The van der Waals surface area contributed by atoms with Crippen molar-refractivity contribution in [1.82, 2.24) is 4.98 Å². The van der Waals surface area contributed by atoms with Gasteiger partial charge in [-0.15, -0.1) is 0 Å². The molecule has 1 heterocycles. The van der Waals surface area contributed by atoms with Crippen molar-refractivity contribution < 1.29 is 4.79 Å². The van der Waals surface area contributed by atoms with Crippen LogP contribution in [0.5, 0.6) is 0 Å². The third-order valence-electron chi connectivity index (χ3n) is 4.13. The van der Waals surface area contributed by atoms with Crippen LogP contribution in [-0.4, -0.2) is 17.4 Å². The van der Waals surface area contributed by atoms with Gasteiger partial charge in [0.25, 0.3) is 5.91 Å². The molecule has 2 N–H and O–H groups in total. The Balaban J connectivity index is 1.92. The van der Waals surface area contributed by atoms with Crippen LogP contribution in [0, 0.1) is 0 Å². The van der Waals surface area contributed by atoms with Gasteiger partial charge >= 0.3 is 0 Å². The maximum Gasteiger partial charge on any atom is 0.256 e. The van der Waals surface area contributed by atoms with Gasteiger partial charge in [-0.1, -0.05) is 52.7 Å². The summed E-state index contributed by atoms with van der Waals surface area (Å²) in [6.07, 6.45) is 5.34. The fourth-order valence-corrected chi connectivity index (χ4v) is 2.49. The molecule has 0 saturated heterocycles. The average molecular weight is 339 g/mol. The lowest BCUT2D eigenvalue weighted by molar-refractivity contribution is 0.102. The van der Waals surface area contributed by atoms with Crippen LogP contribution in [0.25, 0.3) is 0 Å². The van der Waals surface area contributed by atoms with Gasteiger partial charge in [0.15, 0.2) is 0 Å². The topological polar surface area (TPSA) is 54.0 Å². The SMILES string of the molecule is CCCCCNc1ccc(NC(=O)c2ccc(C(C)(C)C)cc2)nc1. The molecule has 0 spiro atoms. The number of anilines is 2. The van der Waals surface area contributed by atoms with Gasteiger partial charge in [-0.2, -0.15) is 0 Å². The Hall–Kier alpha value is -2.36. The zero-order valence-corrected chi connectivity index (χ0v) is 15.7. The fourth-order valence-electron chi connectivity index (χ4n) is 2.49. The highest BCUT2D eigenvalue weighted by Gasteiger charge is 2.14. The molecule has 0 radical (unpaired) electrons. The Kier molecular flexibility index (Phi) is 6.57. The van der Waals surface area contributed by atoms with Crippen molar-refractivity contribution >= 4 is 17.4 Å². The van der Waals surface area contributed by atoms with Crippen molar-refractivity contribution in [3.8, 4) is 0 Å². The first-order valence-electron chi connectivity index (χ1n) is 9.02. The monoisotopic (exact) mass is 339 g/mol. The van der Waals surface area contributed by atoms with Crippen molar-refractivity contribution in [2.75, 3.05) is 17.2 Å². The van der Waals surface area contributed by atoms with Crippen LogP contribution in [0.1, 0.15) is 62.9 Å². The largest absolute Gasteiger partial charge is 0.384 e. The van der Waals surface area contributed by atoms with E-state index in [9.17, 15) is 4.79 Å². The Morgan fingerprint density at radius 1 is 1.04 bits per heavy atom. The summed E-state index contributed by atoms with van der Waals surface area (Å²) in [7, 11) is 0. The lowest BCUT2D eigenvalue weighted by Gasteiger charge is -2.19. The van der Waals surface area contributed by atoms with E-state index >= 15 is 0 Å². The molecule has 0 aliphatic heterocycles. The first-order chi connectivity index (χ1) is 11.9. The number of hydrogen-bond acceptors (Lipinski definition) is 3. The number of carbonyl (C=O) groups is 1. The zero-order valence-electron chi connectivity index (χ0n) is 15.7. The summed E-state index contributed by atoms with van der Waals surface area (Å²) in [5, 5.41) is 6.18. The summed E-state index contributed by atoms with van der Waals surface area (Å²) >= 11 is 0. The molecule has 0 bridgehead atoms. The molecule has 0 aliphatic carbocycles. The van der Waals surface area contributed by atoms with E-state index in [1.54, 1.807) is 6.20 Å². The van der Waals surface area contributed by atoms with Gasteiger partial charge in [0.2, 0.25) is 0 Å². The number of nitrogens with one attached hydrogen (secondary N) is 2. The van der Waals surface area contributed by atoms with Crippen LogP contribution in [-0.2, 0) is 5.41 Å². The van der Waals surface area contributed by atoms with Crippen molar-refractivity contribution in [2.24, 2.45) is 0 Å². The second-order valence-electron chi connectivity index (χ2n) is 7.35. The number of unbranched alkanes of at least 4 members (excludes halogenated alkanes) is 2. The van der Waals surface area contributed by atoms with E-state index in [4.69, 9.17) is 0 Å². The molecule has 0 unspecified atom stereocenters. The molecule has 2 rings (SSSR count). The van der Waals surface area contributed by atoms with E-state index in [0.717, 1.165) is 18.7 Å². The fraction of sp³-hybridized carbons (Fsp3) is 0.429. The molecule has 134 valence electrons. The summed E-state index contributed by atoms with van der Waals surface area (Å²) < 4.78 is 0. The number of pyridine rings is 1. The van der Waals surface area contributed by atoms with Crippen molar-refractivity contribution in [1.29, 1.82) is 0 Å². The highest BCUT2D eigenvalue weighted by atomic mass is 16.1. The number of hydrogen-bond donors (Lipinski definition) is 2. The van der Waals surface area contributed by atoms with Crippen molar-refractivity contribution in [3.05, 3.63) is 53.7 Å². The van der Waals surface area contributed by atoms with Crippen LogP contribution < -0.4 is 10.6 Å². The molecule has 25 heavy (non-hydrogen) atoms. The number of rotatable bonds is 7. The lowest BCUT2D eigenvalue weighted by Crippen LogP contribution is -2.15. The van der Waals surface area contributed by atoms with Crippen LogP contribution in [0.3, 0.4) is 0 Å². The number of aromatic nitrogens is 1. The Labute approximate surface area is 151 Å². The highest BCUT2D eigenvalue weighted by molar-refractivity contribution is 6.03. The van der Waals surface area contributed by atoms with Gasteiger partial charge in [-0.3, -0.25) is 4.79 Å². The van der Waals surface area contributed by atoms with Gasteiger partial charge in [-0.25, -0.2) is 4.98 Å². The molecule has 0 saturated carbocycles. The molecule has 0 aliphatic rings. The van der Waals surface area contributed by atoms with E-state index in [-0.39, 0.29) is 11.3 Å². The maximum absolute atomic E-state index is 12.3. The van der Waals surface area contributed by atoms with Crippen molar-refractivity contribution in [3.63, 3.8) is 0 Å². The molecule has 4 nitrogen and oxygen atoms in total. The van der Waals surface area contributed by atoms with Gasteiger partial charge in [-0.05, 0) is 41.7 Å². The number of amides is 1. The minimum atomic E-state index is -0.142. The Morgan fingerprint density at radius 2 is 1.76 bits per heavy atom. The second kappa shape index (κ2) is 8.65. The Morgan fingerprint density at radius 3 is 2.32 bits per heavy atom. The summed E-state index contributed by atoms with van der Waals surface area (Å²) in [6.45, 7) is 9.61. The molecular formula is C21H29N3O. The van der Waals surface area contributed by atoms with E-state index in [1.165, 1.54) is 18.4 Å². The highest BCUT2D eigenvalue weighted by Crippen LogP contribution is 2.22. The third-order valence-corrected chi connectivity index (χ3v) is 4.13. The molecule has 0 atom stereocenters. The summed E-state index contributed by atoms with van der Waals surface area (Å²) in [5.74, 6) is 0.417. The zero-order chi connectivity index (χ0) is 18.3. The molecule has 2 aromatic rings. The van der Waals surface area contributed by atoms with E-state index in [1.807, 2.05) is 36.4 Å². The van der Waals surface area contributed by atoms with Crippen LogP contribution in [0.15, 0.2) is 42.6 Å². The van der Waals surface area contributed by atoms with Crippen LogP contribution in [0.2, 0.25) is 0 Å². The minimum Gasteiger partial charge on any atom is -0.384 e. The second-order valence-corrected chi connectivity index (χ2v) is 7.35. The third kappa shape index (κ3) is 5.89. The van der Waals surface area contributed by atoms with Gasteiger partial charge in [0, 0.05) is 12.1 Å².